The minimum absolute atomic E-state index is 0.0806. The molecule has 0 aliphatic carbocycles. The first kappa shape index (κ1) is 27.8. The van der Waals surface area contributed by atoms with Crippen LogP contribution >= 0.6 is 15.9 Å². The number of nitrogens with zero attached hydrogens (tertiary/aromatic N) is 1. The van der Waals surface area contributed by atoms with E-state index < -0.39 is 11.6 Å². The van der Waals surface area contributed by atoms with E-state index >= 15 is 0 Å². The van der Waals surface area contributed by atoms with Crippen LogP contribution in [0.5, 0.6) is 5.75 Å². The zero-order chi connectivity index (χ0) is 26.8. The average molecular weight is 582 g/mol. The molecule has 0 radical (unpaired) electrons. The maximum Gasteiger partial charge on any atom is 0.252 e. The molecule has 7 nitrogen and oxygen atoms in total. The van der Waals surface area contributed by atoms with Crippen LogP contribution < -0.4 is 10.1 Å². The second kappa shape index (κ2) is 13.6. The van der Waals surface area contributed by atoms with Crippen molar-refractivity contribution in [2.75, 3.05) is 33.5 Å². The van der Waals surface area contributed by atoms with Gasteiger partial charge >= 0.3 is 0 Å². The van der Waals surface area contributed by atoms with Crippen molar-refractivity contribution in [3.8, 4) is 5.75 Å². The highest BCUT2D eigenvalue weighted by atomic mass is 79.9. The van der Waals surface area contributed by atoms with E-state index in [9.17, 15) is 4.79 Å². The van der Waals surface area contributed by atoms with E-state index in [1.165, 1.54) is 0 Å². The van der Waals surface area contributed by atoms with E-state index in [0.29, 0.717) is 50.7 Å². The number of aliphatic hydroxyl groups excluding tert-OH is 1. The highest BCUT2D eigenvalue weighted by molar-refractivity contribution is 9.10. The molecule has 0 saturated heterocycles. The summed E-state index contributed by atoms with van der Waals surface area (Å²) in [6, 6.07) is 25.1. The third kappa shape index (κ3) is 6.81. The molecule has 38 heavy (non-hydrogen) atoms. The molecule has 0 aromatic heterocycles. The second-order valence-electron chi connectivity index (χ2n) is 9.11. The number of carbonyl (C=O) groups excluding carboxylic acids is 1. The lowest BCUT2D eigenvalue weighted by Crippen LogP contribution is -2.50. The summed E-state index contributed by atoms with van der Waals surface area (Å²) in [7, 11) is 1.65. The average Bonchev–Trinajstić information content (AvgIpc) is 3.33. The standard InChI is InChI=1S/C30H33BrN2O5/c1-36-19-5-17-32-29(35)30(21-22-7-3-2-4-8-22)27(23-9-13-25(31)14-10-23)38-28(33-30)24-11-15-26(16-12-24)37-20-6-18-34/h2-4,7-16,27,34H,5-6,17-21H2,1H3,(H,32,35)/t27-,30-/m1/s1. The molecule has 3 aromatic rings. The molecule has 4 rings (SSSR count). The van der Waals surface area contributed by atoms with Crippen molar-refractivity contribution in [1.29, 1.82) is 0 Å². The topological polar surface area (TPSA) is 89.4 Å². The number of benzene rings is 3. The Labute approximate surface area is 232 Å². The van der Waals surface area contributed by atoms with Gasteiger partial charge in [-0.15, -0.1) is 0 Å². The van der Waals surface area contributed by atoms with Gasteiger partial charge in [0.2, 0.25) is 5.90 Å². The Morgan fingerprint density at radius 2 is 1.76 bits per heavy atom. The summed E-state index contributed by atoms with van der Waals surface area (Å²) in [5.41, 5.74) is 1.39. The van der Waals surface area contributed by atoms with E-state index in [0.717, 1.165) is 21.2 Å². The minimum Gasteiger partial charge on any atom is -0.494 e. The number of aliphatic hydroxyl groups is 1. The molecule has 1 amide bonds. The first-order chi connectivity index (χ1) is 18.6. The third-order valence-electron chi connectivity index (χ3n) is 6.33. The number of carbonyl (C=O) groups is 1. The van der Waals surface area contributed by atoms with Crippen LogP contribution in [0.4, 0.5) is 0 Å². The predicted octanol–water partition coefficient (Wildman–Crippen LogP) is 4.86. The van der Waals surface area contributed by atoms with Crippen LogP contribution in [0.2, 0.25) is 0 Å². The number of hydrogen-bond acceptors (Lipinski definition) is 6. The van der Waals surface area contributed by atoms with Gasteiger partial charge < -0.3 is 24.6 Å². The molecule has 0 bridgehead atoms. The van der Waals surface area contributed by atoms with Crippen LogP contribution in [0.15, 0.2) is 88.3 Å². The van der Waals surface area contributed by atoms with Crippen molar-refractivity contribution in [3.63, 3.8) is 0 Å². The van der Waals surface area contributed by atoms with Gasteiger partial charge in [0.1, 0.15) is 5.75 Å². The molecule has 200 valence electrons. The highest BCUT2D eigenvalue weighted by Crippen LogP contribution is 2.42. The third-order valence-corrected chi connectivity index (χ3v) is 6.86. The van der Waals surface area contributed by atoms with E-state index in [2.05, 4.69) is 21.2 Å². The summed E-state index contributed by atoms with van der Waals surface area (Å²) in [5, 5.41) is 12.1. The van der Waals surface area contributed by atoms with Gasteiger partial charge in [-0.1, -0.05) is 58.4 Å². The Hall–Kier alpha value is -3.20. The number of methoxy groups -OCH3 is 1. The minimum atomic E-state index is -1.21. The van der Waals surface area contributed by atoms with Crippen molar-refractivity contribution >= 4 is 27.7 Å². The Bertz CT molecular complexity index is 1200. The van der Waals surface area contributed by atoms with Crippen molar-refractivity contribution in [1.82, 2.24) is 5.32 Å². The van der Waals surface area contributed by atoms with Crippen LogP contribution in [-0.2, 0) is 20.7 Å². The van der Waals surface area contributed by atoms with E-state index in [1.54, 1.807) is 7.11 Å². The summed E-state index contributed by atoms with van der Waals surface area (Å²) >= 11 is 3.51. The van der Waals surface area contributed by atoms with Gasteiger partial charge in [0.25, 0.3) is 5.91 Å². The molecular weight excluding hydrogens is 548 g/mol. The van der Waals surface area contributed by atoms with Gasteiger partial charge in [-0.3, -0.25) is 4.79 Å². The maximum absolute atomic E-state index is 14.0. The fourth-order valence-corrected chi connectivity index (χ4v) is 4.66. The lowest BCUT2D eigenvalue weighted by Gasteiger charge is -2.31. The van der Waals surface area contributed by atoms with Crippen molar-refractivity contribution in [2.24, 2.45) is 4.99 Å². The van der Waals surface area contributed by atoms with Gasteiger partial charge in [0, 0.05) is 49.7 Å². The van der Waals surface area contributed by atoms with Crippen LogP contribution in [0.1, 0.15) is 35.6 Å². The number of ether oxygens (including phenoxy) is 3. The molecule has 1 heterocycles. The maximum atomic E-state index is 14.0. The number of rotatable bonds is 13. The molecule has 2 atom stereocenters. The van der Waals surface area contributed by atoms with E-state index in [-0.39, 0.29) is 12.5 Å². The van der Waals surface area contributed by atoms with E-state index in [4.69, 9.17) is 24.3 Å². The van der Waals surface area contributed by atoms with Crippen molar-refractivity contribution in [2.45, 2.75) is 30.9 Å². The lowest BCUT2D eigenvalue weighted by atomic mass is 9.82. The fraction of sp³-hybridized carbons (Fsp3) is 0.333. The van der Waals surface area contributed by atoms with Gasteiger partial charge in [-0.2, -0.15) is 0 Å². The summed E-state index contributed by atoms with van der Waals surface area (Å²) in [6.07, 6.45) is 1.00. The lowest BCUT2D eigenvalue weighted by molar-refractivity contribution is -0.129. The molecule has 1 aliphatic rings. The fourth-order valence-electron chi connectivity index (χ4n) is 4.40. The normalized spacial score (nSPS) is 18.5. The molecule has 0 fully saturated rings. The Morgan fingerprint density at radius 3 is 2.45 bits per heavy atom. The molecule has 1 aliphatic heterocycles. The van der Waals surface area contributed by atoms with Crippen LogP contribution in [0.3, 0.4) is 0 Å². The smallest absolute Gasteiger partial charge is 0.252 e. The first-order valence-electron chi connectivity index (χ1n) is 12.7. The van der Waals surface area contributed by atoms with Crippen LogP contribution in [-0.4, -0.2) is 55.9 Å². The van der Waals surface area contributed by atoms with E-state index in [1.807, 2.05) is 78.9 Å². The Balaban J connectivity index is 1.72. The second-order valence-corrected chi connectivity index (χ2v) is 10.0. The monoisotopic (exact) mass is 580 g/mol. The number of nitrogens with one attached hydrogen (secondary N) is 1. The van der Waals surface area contributed by atoms with Gasteiger partial charge in [0.15, 0.2) is 11.6 Å². The number of hydrogen-bond donors (Lipinski definition) is 2. The molecule has 3 aromatic carbocycles. The Kier molecular flexibility index (Phi) is 9.92. The summed E-state index contributed by atoms with van der Waals surface area (Å²) in [5.74, 6) is 0.906. The van der Waals surface area contributed by atoms with Crippen LogP contribution in [0.25, 0.3) is 0 Å². The highest BCUT2D eigenvalue weighted by Gasteiger charge is 2.53. The molecule has 0 saturated carbocycles. The molecule has 8 heteroatoms. The number of aliphatic imine (C=N–C) groups is 1. The first-order valence-corrected chi connectivity index (χ1v) is 13.5. The molecule has 0 unspecified atom stereocenters. The molecule has 2 N–H and O–H groups in total. The zero-order valence-corrected chi connectivity index (χ0v) is 23.0. The zero-order valence-electron chi connectivity index (χ0n) is 21.4. The number of halogens is 1. The predicted molar refractivity (Wildman–Crippen MR) is 151 cm³/mol. The van der Waals surface area contributed by atoms with Gasteiger partial charge in [-0.25, -0.2) is 4.99 Å². The van der Waals surface area contributed by atoms with Crippen LogP contribution in [0, 0.1) is 0 Å². The summed E-state index contributed by atoms with van der Waals surface area (Å²) in [6.45, 7) is 1.54. The SMILES string of the molecule is COCCCNC(=O)[C@]1(Cc2ccccc2)N=C(c2ccc(OCCCO)cc2)O[C@@H]1c1ccc(Br)cc1. The number of amides is 1. The van der Waals surface area contributed by atoms with Crippen molar-refractivity contribution < 1.29 is 24.1 Å². The molecule has 0 spiro atoms. The summed E-state index contributed by atoms with van der Waals surface area (Å²) < 4.78 is 18.3. The largest absolute Gasteiger partial charge is 0.494 e. The van der Waals surface area contributed by atoms with Crippen molar-refractivity contribution in [3.05, 3.63) is 100 Å². The van der Waals surface area contributed by atoms with Gasteiger partial charge in [0.05, 0.1) is 6.61 Å². The summed E-state index contributed by atoms with van der Waals surface area (Å²) in [4.78, 5) is 19.0. The quantitative estimate of drug-likeness (QED) is 0.282. The Morgan fingerprint density at radius 1 is 1.03 bits per heavy atom. The molecular formula is C30H33BrN2O5. The van der Waals surface area contributed by atoms with Gasteiger partial charge in [-0.05, 0) is 53.9 Å².